The van der Waals surface area contributed by atoms with Gasteiger partial charge in [0.15, 0.2) is 0 Å². The summed E-state index contributed by atoms with van der Waals surface area (Å²) in [6.45, 7) is 7.10. The number of nitrogens with zero attached hydrogens (tertiary/aromatic N) is 1. The van der Waals surface area contributed by atoms with Gasteiger partial charge >= 0.3 is 5.97 Å². The van der Waals surface area contributed by atoms with E-state index in [1.54, 1.807) is 27.7 Å². The molecule has 1 amide bonds. The van der Waals surface area contributed by atoms with E-state index in [9.17, 15) is 9.59 Å². The van der Waals surface area contributed by atoms with E-state index >= 15 is 0 Å². The highest BCUT2D eigenvalue weighted by molar-refractivity contribution is 5.98. The largest absolute Gasteiger partial charge is 0.480 e. The van der Waals surface area contributed by atoms with Crippen molar-refractivity contribution in [2.75, 3.05) is 13.1 Å². The van der Waals surface area contributed by atoms with E-state index in [1.165, 1.54) is 4.90 Å². The van der Waals surface area contributed by atoms with Gasteiger partial charge in [-0.2, -0.15) is 0 Å². The number of aryl methyl sites for hydroxylation is 2. The van der Waals surface area contributed by atoms with E-state index in [2.05, 4.69) is 0 Å². The average Bonchev–Trinajstić information content (AvgIpc) is 2.48. The van der Waals surface area contributed by atoms with Crippen LogP contribution in [0, 0.1) is 20.8 Å². The third kappa shape index (κ3) is 2.67. The normalized spacial score (nSPS) is 10.4. The highest BCUT2D eigenvalue weighted by Crippen LogP contribution is 2.22. The molecule has 0 atom stereocenters. The maximum absolute atomic E-state index is 12.2. The van der Waals surface area contributed by atoms with Crippen molar-refractivity contribution >= 4 is 11.9 Å². The van der Waals surface area contributed by atoms with Gasteiger partial charge in [0.2, 0.25) is 0 Å². The summed E-state index contributed by atoms with van der Waals surface area (Å²) in [5.74, 6) is -0.0801. The number of furan rings is 1. The minimum Gasteiger partial charge on any atom is -0.480 e. The zero-order valence-electron chi connectivity index (χ0n) is 10.5. The number of carboxylic acids is 1. The molecule has 0 aliphatic heterocycles. The molecule has 17 heavy (non-hydrogen) atoms. The Labute approximate surface area is 100 Å². The van der Waals surface area contributed by atoms with Crippen molar-refractivity contribution in [1.29, 1.82) is 0 Å². The Balaban J connectivity index is 3.05. The number of aliphatic carboxylic acids is 1. The number of hydrogen-bond donors (Lipinski definition) is 1. The smallest absolute Gasteiger partial charge is 0.323 e. The maximum atomic E-state index is 12.2. The van der Waals surface area contributed by atoms with Gasteiger partial charge in [0, 0.05) is 12.1 Å². The molecule has 0 unspecified atom stereocenters. The summed E-state index contributed by atoms with van der Waals surface area (Å²) in [6, 6.07) is 0. The van der Waals surface area contributed by atoms with E-state index in [0.29, 0.717) is 23.6 Å². The first-order chi connectivity index (χ1) is 7.88. The second-order valence-electron chi connectivity index (χ2n) is 3.93. The van der Waals surface area contributed by atoms with Crippen LogP contribution in [0.15, 0.2) is 4.42 Å². The highest BCUT2D eigenvalue weighted by atomic mass is 16.4. The summed E-state index contributed by atoms with van der Waals surface area (Å²) >= 11 is 0. The van der Waals surface area contributed by atoms with Crippen LogP contribution in [0.3, 0.4) is 0 Å². The fraction of sp³-hybridized carbons (Fsp3) is 0.500. The summed E-state index contributed by atoms with van der Waals surface area (Å²) in [7, 11) is 0. The van der Waals surface area contributed by atoms with Gasteiger partial charge in [0.25, 0.3) is 5.91 Å². The molecule has 0 radical (unpaired) electrons. The number of carbonyl (C=O) groups is 2. The molecule has 0 aromatic carbocycles. The number of rotatable bonds is 4. The lowest BCUT2D eigenvalue weighted by Gasteiger charge is -2.18. The van der Waals surface area contributed by atoms with Gasteiger partial charge in [-0.05, 0) is 27.7 Å². The molecule has 1 N–H and O–H groups in total. The number of hydrogen-bond acceptors (Lipinski definition) is 3. The highest BCUT2D eigenvalue weighted by Gasteiger charge is 2.24. The summed E-state index contributed by atoms with van der Waals surface area (Å²) in [6.07, 6.45) is 0. The van der Waals surface area contributed by atoms with Gasteiger partial charge in [-0.1, -0.05) is 0 Å². The number of amides is 1. The molecule has 0 fully saturated rings. The molecule has 1 aromatic heterocycles. The van der Waals surface area contributed by atoms with Crippen LogP contribution in [-0.4, -0.2) is 35.0 Å². The third-order valence-electron chi connectivity index (χ3n) is 2.77. The minimum absolute atomic E-state index is 0.290. The molecule has 0 aliphatic carbocycles. The number of likely N-dealkylation sites (N-methyl/N-ethyl adjacent to an activating group) is 1. The predicted octanol–water partition coefficient (Wildman–Crippen LogP) is 1.75. The molecule has 0 aliphatic rings. The van der Waals surface area contributed by atoms with E-state index < -0.39 is 5.97 Å². The van der Waals surface area contributed by atoms with Crippen LogP contribution in [-0.2, 0) is 4.79 Å². The van der Waals surface area contributed by atoms with E-state index in [0.717, 1.165) is 5.56 Å². The van der Waals surface area contributed by atoms with Crippen molar-refractivity contribution in [3.05, 3.63) is 22.6 Å². The third-order valence-corrected chi connectivity index (χ3v) is 2.77. The van der Waals surface area contributed by atoms with E-state index in [1.807, 2.05) is 0 Å². The maximum Gasteiger partial charge on any atom is 0.323 e. The zero-order valence-corrected chi connectivity index (χ0v) is 10.5. The lowest BCUT2D eigenvalue weighted by Crippen LogP contribution is -2.35. The first-order valence-electron chi connectivity index (χ1n) is 5.46. The lowest BCUT2D eigenvalue weighted by atomic mass is 10.1. The van der Waals surface area contributed by atoms with Crippen LogP contribution in [0.4, 0.5) is 0 Å². The molecule has 0 saturated heterocycles. The molecule has 5 heteroatoms. The fourth-order valence-corrected chi connectivity index (χ4v) is 1.76. The summed E-state index contributed by atoms with van der Waals surface area (Å²) in [5, 5.41) is 8.74. The molecular formula is C12H17NO4. The number of carbonyl (C=O) groups excluding carboxylic acids is 1. The van der Waals surface area contributed by atoms with Crippen molar-refractivity contribution in [2.45, 2.75) is 27.7 Å². The van der Waals surface area contributed by atoms with E-state index in [4.69, 9.17) is 9.52 Å². The first kappa shape index (κ1) is 13.3. The van der Waals surface area contributed by atoms with Crippen molar-refractivity contribution in [3.63, 3.8) is 0 Å². The van der Waals surface area contributed by atoms with Crippen LogP contribution in [0.1, 0.15) is 34.4 Å². The van der Waals surface area contributed by atoms with Gasteiger partial charge < -0.3 is 14.4 Å². The molecule has 1 aromatic rings. The Bertz CT molecular complexity index is 448. The molecule has 0 spiro atoms. The molecule has 5 nitrogen and oxygen atoms in total. The van der Waals surface area contributed by atoms with Crippen LogP contribution in [0.5, 0.6) is 0 Å². The Morgan fingerprint density at radius 3 is 2.18 bits per heavy atom. The van der Waals surface area contributed by atoms with Crippen molar-refractivity contribution in [3.8, 4) is 0 Å². The second kappa shape index (κ2) is 5.03. The van der Waals surface area contributed by atoms with Crippen LogP contribution in [0.2, 0.25) is 0 Å². The van der Waals surface area contributed by atoms with Gasteiger partial charge in [-0.25, -0.2) is 0 Å². The summed E-state index contributed by atoms with van der Waals surface area (Å²) in [5.41, 5.74) is 1.25. The van der Waals surface area contributed by atoms with Crippen molar-refractivity contribution in [2.24, 2.45) is 0 Å². The summed E-state index contributed by atoms with van der Waals surface area (Å²) in [4.78, 5) is 24.1. The van der Waals surface area contributed by atoms with Crippen LogP contribution >= 0.6 is 0 Å². The Morgan fingerprint density at radius 1 is 1.24 bits per heavy atom. The molecule has 0 saturated carbocycles. The minimum atomic E-state index is -1.02. The molecular weight excluding hydrogens is 222 g/mol. The monoisotopic (exact) mass is 239 g/mol. The average molecular weight is 239 g/mol. The molecule has 1 heterocycles. The Kier molecular flexibility index (Phi) is 3.93. The second-order valence-corrected chi connectivity index (χ2v) is 3.93. The summed E-state index contributed by atoms with van der Waals surface area (Å²) < 4.78 is 5.37. The molecule has 0 bridgehead atoms. The quantitative estimate of drug-likeness (QED) is 0.869. The van der Waals surface area contributed by atoms with Gasteiger partial charge in [-0.3, -0.25) is 9.59 Å². The Hall–Kier alpha value is -1.78. The van der Waals surface area contributed by atoms with Crippen LogP contribution in [0.25, 0.3) is 0 Å². The van der Waals surface area contributed by atoms with Gasteiger partial charge in [0.1, 0.15) is 18.1 Å². The molecule has 94 valence electrons. The van der Waals surface area contributed by atoms with E-state index in [-0.39, 0.29) is 12.5 Å². The fourth-order valence-electron chi connectivity index (χ4n) is 1.76. The predicted molar refractivity (Wildman–Crippen MR) is 62.1 cm³/mol. The topological polar surface area (TPSA) is 70.8 Å². The van der Waals surface area contributed by atoms with Crippen molar-refractivity contribution in [1.82, 2.24) is 4.90 Å². The van der Waals surface area contributed by atoms with Gasteiger partial charge in [-0.15, -0.1) is 0 Å². The number of carboxylic acid groups (broad SMARTS) is 1. The van der Waals surface area contributed by atoms with Gasteiger partial charge in [0.05, 0.1) is 5.56 Å². The first-order valence-corrected chi connectivity index (χ1v) is 5.46. The standard InChI is InChI=1S/C12H17NO4/c1-5-13(6-10(14)15)12(16)11-7(2)8(3)17-9(11)4/h5-6H2,1-4H3,(H,14,15). The SMILES string of the molecule is CCN(CC(=O)O)C(=O)c1c(C)oc(C)c1C. The Morgan fingerprint density at radius 2 is 1.82 bits per heavy atom. The zero-order chi connectivity index (χ0) is 13.2. The molecule has 1 rings (SSSR count). The van der Waals surface area contributed by atoms with Crippen LogP contribution < -0.4 is 0 Å². The van der Waals surface area contributed by atoms with Crippen molar-refractivity contribution < 1.29 is 19.1 Å². The lowest BCUT2D eigenvalue weighted by molar-refractivity contribution is -0.137.